The standard InChI is InChI=1S/C23H24N2O3/c1-3-4-5-6-17-7-9-18(10-8-17)21-15-25-22(16-24-21)28-23(26)19-11-13-20(27-2)14-12-19/h7-16H,3-6H2,1-2H3. The van der Waals surface area contributed by atoms with Gasteiger partial charge < -0.3 is 9.47 Å². The maximum Gasteiger partial charge on any atom is 0.344 e. The van der Waals surface area contributed by atoms with Crippen LogP contribution in [0.2, 0.25) is 0 Å². The van der Waals surface area contributed by atoms with E-state index in [-0.39, 0.29) is 5.88 Å². The normalized spacial score (nSPS) is 10.5. The molecule has 0 aliphatic heterocycles. The van der Waals surface area contributed by atoms with Crippen molar-refractivity contribution < 1.29 is 14.3 Å². The van der Waals surface area contributed by atoms with E-state index in [0.29, 0.717) is 11.3 Å². The van der Waals surface area contributed by atoms with Gasteiger partial charge in [0.25, 0.3) is 0 Å². The molecular formula is C23H24N2O3. The van der Waals surface area contributed by atoms with Gasteiger partial charge in [-0.2, -0.15) is 0 Å². The minimum absolute atomic E-state index is 0.167. The van der Waals surface area contributed by atoms with Crippen LogP contribution in [0.1, 0.15) is 42.1 Å². The second kappa shape index (κ2) is 9.65. The minimum Gasteiger partial charge on any atom is -0.497 e. The first kappa shape index (κ1) is 19.5. The van der Waals surface area contributed by atoms with Gasteiger partial charge in [0, 0.05) is 5.56 Å². The molecular weight excluding hydrogens is 352 g/mol. The van der Waals surface area contributed by atoms with E-state index in [9.17, 15) is 4.79 Å². The number of hydrogen-bond donors (Lipinski definition) is 0. The van der Waals surface area contributed by atoms with E-state index in [1.807, 2.05) is 12.1 Å². The highest BCUT2D eigenvalue weighted by Crippen LogP contribution is 2.20. The Morgan fingerprint density at radius 2 is 1.68 bits per heavy atom. The second-order valence-corrected chi connectivity index (χ2v) is 6.51. The van der Waals surface area contributed by atoms with Crippen LogP contribution in [0, 0.1) is 0 Å². The summed E-state index contributed by atoms with van der Waals surface area (Å²) in [7, 11) is 1.57. The Bertz CT molecular complexity index is 889. The number of unbranched alkanes of at least 4 members (excludes halogenated alkanes) is 2. The number of rotatable bonds is 8. The van der Waals surface area contributed by atoms with Gasteiger partial charge in [-0.1, -0.05) is 44.0 Å². The zero-order chi connectivity index (χ0) is 19.8. The van der Waals surface area contributed by atoms with Crippen LogP contribution < -0.4 is 9.47 Å². The van der Waals surface area contributed by atoms with Gasteiger partial charge in [0.15, 0.2) is 0 Å². The first-order valence-electron chi connectivity index (χ1n) is 9.47. The molecule has 0 amide bonds. The van der Waals surface area contributed by atoms with E-state index < -0.39 is 5.97 Å². The fraction of sp³-hybridized carbons (Fsp3) is 0.261. The van der Waals surface area contributed by atoms with Crippen LogP contribution in [-0.4, -0.2) is 23.0 Å². The Morgan fingerprint density at radius 3 is 2.29 bits per heavy atom. The highest BCUT2D eigenvalue weighted by atomic mass is 16.5. The van der Waals surface area contributed by atoms with Crippen LogP contribution in [0.25, 0.3) is 11.3 Å². The number of methoxy groups -OCH3 is 1. The molecule has 5 nitrogen and oxygen atoms in total. The molecule has 144 valence electrons. The number of nitrogens with zero attached hydrogens (tertiary/aromatic N) is 2. The van der Waals surface area contributed by atoms with Crippen molar-refractivity contribution >= 4 is 5.97 Å². The third-order valence-corrected chi connectivity index (χ3v) is 4.47. The number of esters is 1. The first-order chi connectivity index (χ1) is 13.7. The Labute approximate surface area is 165 Å². The Morgan fingerprint density at radius 1 is 0.929 bits per heavy atom. The lowest BCUT2D eigenvalue weighted by atomic mass is 10.0. The third-order valence-electron chi connectivity index (χ3n) is 4.47. The molecule has 1 aromatic heterocycles. The largest absolute Gasteiger partial charge is 0.497 e. The van der Waals surface area contributed by atoms with Gasteiger partial charge >= 0.3 is 5.97 Å². The van der Waals surface area contributed by atoms with E-state index in [4.69, 9.17) is 9.47 Å². The molecule has 0 radical (unpaired) electrons. The van der Waals surface area contributed by atoms with Crippen molar-refractivity contribution in [2.45, 2.75) is 32.6 Å². The molecule has 3 aromatic rings. The van der Waals surface area contributed by atoms with Gasteiger partial charge in [0.05, 0.1) is 30.8 Å². The van der Waals surface area contributed by atoms with Crippen molar-refractivity contribution in [3.63, 3.8) is 0 Å². The fourth-order valence-corrected chi connectivity index (χ4v) is 2.82. The predicted octanol–water partition coefficient (Wildman–Crippen LogP) is 5.10. The van der Waals surface area contributed by atoms with Gasteiger partial charge in [0.2, 0.25) is 5.88 Å². The molecule has 3 rings (SSSR count). The lowest BCUT2D eigenvalue weighted by Crippen LogP contribution is -2.09. The van der Waals surface area contributed by atoms with E-state index in [2.05, 4.69) is 29.0 Å². The summed E-state index contributed by atoms with van der Waals surface area (Å²) in [5, 5.41) is 0. The molecule has 0 atom stereocenters. The smallest absolute Gasteiger partial charge is 0.344 e. The zero-order valence-electron chi connectivity index (χ0n) is 16.2. The van der Waals surface area contributed by atoms with Gasteiger partial charge in [-0.3, -0.25) is 0 Å². The minimum atomic E-state index is -0.485. The highest BCUT2D eigenvalue weighted by Gasteiger charge is 2.10. The number of hydrogen-bond acceptors (Lipinski definition) is 5. The number of benzene rings is 2. The number of carbonyl (C=O) groups excluding carboxylic acids is 1. The number of carbonyl (C=O) groups is 1. The molecule has 1 heterocycles. The lowest BCUT2D eigenvalue weighted by molar-refractivity contribution is 0.0727. The summed E-state index contributed by atoms with van der Waals surface area (Å²) in [6.45, 7) is 2.21. The van der Waals surface area contributed by atoms with E-state index >= 15 is 0 Å². The van der Waals surface area contributed by atoms with Crippen LogP contribution in [0.4, 0.5) is 0 Å². The number of aryl methyl sites for hydroxylation is 1. The zero-order valence-corrected chi connectivity index (χ0v) is 16.2. The van der Waals surface area contributed by atoms with E-state index in [0.717, 1.165) is 17.7 Å². The quantitative estimate of drug-likeness (QED) is 0.404. The molecule has 2 aromatic carbocycles. The van der Waals surface area contributed by atoms with Crippen molar-refractivity contribution in [1.29, 1.82) is 0 Å². The lowest BCUT2D eigenvalue weighted by Gasteiger charge is -2.06. The van der Waals surface area contributed by atoms with Crippen molar-refractivity contribution in [2.24, 2.45) is 0 Å². The molecule has 0 spiro atoms. The van der Waals surface area contributed by atoms with Crippen LogP contribution in [0.15, 0.2) is 60.9 Å². The van der Waals surface area contributed by atoms with Crippen LogP contribution >= 0.6 is 0 Å². The van der Waals surface area contributed by atoms with Gasteiger partial charge in [-0.05, 0) is 42.7 Å². The predicted molar refractivity (Wildman–Crippen MR) is 109 cm³/mol. The van der Waals surface area contributed by atoms with E-state index in [1.165, 1.54) is 31.0 Å². The maximum absolute atomic E-state index is 12.2. The highest BCUT2D eigenvalue weighted by molar-refractivity contribution is 5.90. The number of aromatic nitrogens is 2. The van der Waals surface area contributed by atoms with Gasteiger partial charge in [-0.25, -0.2) is 14.8 Å². The van der Waals surface area contributed by atoms with Crippen LogP contribution in [-0.2, 0) is 6.42 Å². The Balaban J connectivity index is 1.61. The average molecular weight is 376 g/mol. The summed E-state index contributed by atoms with van der Waals surface area (Å²) in [5.41, 5.74) is 3.48. The number of ether oxygens (including phenoxy) is 2. The van der Waals surface area contributed by atoms with Crippen molar-refractivity contribution in [3.8, 4) is 22.9 Å². The second-order valence-electron chi connectivity index (χ2n) is 6.51. The Kier molecular flexibility index (Phi) is 6.73. The molecule has 0 saturated heterocycles. The summed E-state index contributed by atoms with van der Waals surface area (Å²) in [4.78, 5) is 20.8. The van der Waals surface area contributed by atoms with Crippen LogP contribution in [0.5, 0.6) is 11.6 Å². The first-order valence-corrected chi connectivity index (χ1v) is 9.47. The fourth-order valence-electron chi connectivity index (χ4n) is 2.82. The van der Waals surface area contributed by atoms with Gasteiger partial charge in [-0.15, -0.1) is 0 Å². The monoisotopic (exact) mass is 376 g/mol. The van der Waals surface area contributed by atoms with Crippen molar-refractivity contribution in [3.05, 3.63) is 72.1 Å². The molecule has 0 bridgehead atoms. The molecule has 0 unspecified atom stereocenters. The van der Waals surface area contributed by atoms with Crippen molar-refractivity contribution in [2.75, 3.05) is 7.11 Å². The van der Waals surface area contributed by atoms with Gasteiger partial charge in [0.1, 0.15) is 5.75 Å². The molecule has 5 heteroatoms. The third kappa shape index (κ3) is 5.16. The summed E-state index contributed by atoms with van der Waals surface area (Å²) in [6.07, 6.45) is 7.87. The summed E-state index contributed by atoms with van der Waals surface area (Å²) in [5.74, 6) is 0.360. The molecule has 0 aliphatic carbocycles. The summed E-state index contributed by atoms with van der Waals surface area (Å²) < 4.78 is 10.4. The average Bonchev–Trinajstić information content (AvgIpc) is 2.75. The SMILES string of the molecule is CCCCCc1ccc(-c2cnc(OC(=O)c3ccc(OC)cc3)cn2)cc1. The molecule has 28 heavy (non-hydrogen) atoms. The molecule has 0 aliphatic rings. The van der Waals surface area contributed by atoms with Crippen molar-refractivity contribution in [1.82, 2.24) is 9.97 Å². The topological polar surface area (TPSA) is 61.3 Å². The van der Waals surface area contributed by atoms with E-state index in [1.54, 1.807) is 37.6 Å². The maximum atomic E-state index is 12.2. The summed E-state index contributed by atoms with van der Waals surface area (Å²) in [6, 6.07) is 15.1. The van der Waals surface area contributed by atoms with Crippen LogP contribution in [0.3, 0.4) is 0 Å². The molecule has 0 N–H and O–H groups in total. The molecule has 0 fully saturated rings. The Hall–Kier alpha value is -3.21. The molecule has 0 saturated carbocycles. The summed E-state index contributed by atoms with van der Waals surface area (Å²) >= 11 is 0.